The van der Waals surface area contributed by atoms with Crippen molar-refractivity contribution >= 4 is 29.4 Å². The van der Waals surface area contributed by atoms with E-state index in [2.05, 4.69) is 22.7 Å². The molecule has 3 aromatic carbocycles. The van der Waals surface area contributed by atoms with E-state index in [9.17, 15) is 24.3 Å². The molecule has 4 rings (SSSR count). The third-order valence-corrected chi connectivity index (χ3v) is 7.35. The minimum atomic E-state index is -1.28. The SMILES string of the molecule is CCCCCCCOc1ccc(C(=O)Oc2ccc(CC(NC(=O)c3ccc(NC(=O)c4cc(C)on4)cc3)C(=O)O)cc2OC)cc1. The molecule has 12 nitrogen and oxygen atoms in total. The molecule has 0 bridgehead atoms. The van der Waals surface area contributed by atoms with E-state index in [1.165, 1.54) is 62.8 Å². The van der Waals surface area contributed by atoms with Crippen molar-refractivity contribution in [3.05, 3.63) is 101 Å². The number of hydrogen-bond donors (Lipinski definition) is 3. The number of benzene rings is 3. The lowest BCUT2D eigenvalue weighted by Gasteiger charge is -2.16. The number of amides is 2. The van der Waals surface area contributed by atoms with Crippen LogP contribution in [-0.2, 0) is 11.2 Å². The number of carboxylic acids is 1. The van der Waals surface area contributed by atoms with Crippen LogP contribution in [0.2, 0.25) is 0 Å². The normalized spacial score (nSPS) is 11.3. The van der Waals surface area contributed by atoms with Gasteiger partial charge in [-0.2, -0.15) is 0 Å². The number of carbonyl (C=O) groups excluding carboxylic acids is 3. The molecule has 2 amide bonds. The van der Waals surface area contributed by atoms with Gasteiger partial charge >= 0.3 is 11.9 Å². The van der Waals surface area contributed by atoms with E-state index >= 15 is 0 Å². The number of aliphatic carboxylic acids is 1. The number of unbranched alkanes of at least 4 members (excludes halogenated alkanes) is 4. The highest BCUT2D eigenvalue weighted by molar-refractivity contribution is 6.03. The van der Waals surface area contributed by atoms with Gasteiger partial charge in [-0.3, -0.25) is 9.59 Å². The lowest BCUT2D eigenvalue weighted by Crippen LogP contribution is -2.42. The van der Waals surface area contributed by atoms with Crippen molar-refractivity contribution < 1.29 is 43.0 Å². The number of nitrogens with zero attached hydrogens (tertiary/aromatic N) is 1. The Morgan fingerprint density at radius 3 is 2.21 bits per heavy atom. The minimum Gasteiger partial charge on any atom is -0.494 e. The molecule has 4 aromatic rings. The van der Waals surface area contributed by atoms with Gasteiger partial charge in [0.15, 0.2) is 17.2 Å². The summed E-state index contributed by atoms with van der Waals surface area (Å²) >= 11 is 0. The molecule has 0 fully saturated rings. The van der Waals surface area contributed by atoms with Gasteiger partial charge in [0.2, 0.25) is 0 Å². The van der Waals surface area contributed by atoms with Crippen molar-refractivity contribution in [2.24, 2.45) is 0 Å². The molecule has 48 heavy (non-hydrogen) atoms. The first-order valence-corrected chi connectivity index (χ1v) is 15.7. The van der Waals surface area contributed by atoms with Gasteiger partial charge in [0.05, 0.1) is 19.3 Å². The fraction of sp³-hybridized carbons (Fsp3) is 0.306. The summed E-state index contributed by atoms with van der Waals surface area (Å²) in [5.41, 5.74) is 1.57. The van der Waals surface area contributed by atoms with Crippen LogP contribution in [0, 0.1) is 6.92 Å². The van der Waals surface area contributed by atoms with E-state index in [-0.39, 0.29) is 29.2 Å². The zero-order valence-corrected chi connectivity index (χ0v) is 27.1. The zero-order valence-electron chi connectivity index (χ0n) is 27.1. The molecular weight excluding hydrogens is 618 g/mol. The third kappa shape index (κ3) is 10.2. The Labute approximate surface area is 278 Å². The number of methoxy groups -OCH3 is 1. The van der Waals surface area contributed by atoms with Crippen molar-refractivity contribution in [3.63, 3.8) is 0 Å². The molecule has 1 heterocycles. The molecule has 1 atom stereocenters. The predicted octanol–water partition coefficient (Wildman–Crippen LogP) is 6.24. The summed E-state index contributed by atoms with van der Waals surface area (Å²) in [6, 6.07) is 17.5. The molecular formula is C36H39N3O9. The van der Waals surface area contributed by atoms with Gasteiger partial charge in [0.1, 0.15) is 17.6 Å². The average molecular weight is 658 g/mol. The molecule has 252 valence electrons. The van der Waals surface area contributed by atoms with Crippen LogP contribution in [0.5, 0.6) is 17.2 Å². The number of aromatic nitrogens is 1. The first-order valence-electron chi connectivity index (χ1n) is 15.7. The Bertz CT molecular complexity index is 1700. The highest BCUT2D eigenvalue weighted by Gasteiger charge is 2.23. The Balaban J connectivity index is 1.32. The number of anilines is 1. The standard InChI is InChI=1S/C36H39N3O9/c1-4-5-6-7-8-19-46-28-16-12-26(13-17-28)36(44)47-31-18-9-24(22-32(31)45-3)21-30(35(42)43)38-33(40)25-10-14-27(15-11-25)37-34(41)29-20-23(2)48-39-29/h9-18,20,22,30H,4-8,19,21H2,1-3H3,(H,37,41)(H,38,40)(H,42,43). The summed E-state index contributed by atoms with van der Waals surface area (Å²) in [6.45, 7) is 4.45. The molecule has 0 saturated carbocycles. The smallest absolute Gasteiger partial charge is 0.343 e. The van der Waals surface area contributed by atoms with Crippen LogP contribution >= 0.6 is 0 Å². The second kappa shape index (κ2) is 17.3. The maximum absolute atomic E-state index is 12.9. The summed E-state index contributed by atoms with van der Waals surface area (Å²) in [4.78, 5) is 50.1. The molecule has 0 radical (unpaired) electrons. The van der Waals surface area contributed by atoms with Gasteiger partial charge in [0.25, 0.3) is 11.8 Å². The van der Waals surface area contributed by atoms with Crippen LogP contribution in [0.25, 0.3) is 0 Å². The summed E-state index contributed by atoms with van der Waals surface area (Å²) in [6.07, 6.45) is 5.62. The predicted molar refractivity (Wildman–Crippen MR) is 177 cm³/mol. The number of hydrogen-bond acceptors (Lipinski definition) is 9. The van der Waals surface area contributed by atoms with Crippen molar-refractivity contribution in [3.8, 4) is 17.2 Å². The number of rotatable bonds is 17. The number of ether oxygens (including phenoxy) is 3. The zero-order chi connectivity index (χ0) is 34.5. The Morgan fingerprint density at radius 1 is 0.854 bits per heavy atom. The first kappa shape index (κ1) is 35.2. The second-order valence-corrected chi connectivity index (χ2v) is 11.1. The van der Waals surface area contributed by atoms with Crippen LogP contribution in [0.3, 0.4) is 0 Å². The molecule has 1 unspecified atom stereocenters. The fourth-order valence-corrected chi connectivity index (χ4v) is 4.72. The maximum Gasteiger partial charge on any atom is 0.343 e. The van der Waals surface area contributed by atoms with Gasteiger partial charge in [0, 0.05) is 23.7 Å². The second-order valence-electron chi connectivity index (χ2n) is 11.1. The van der Waals surface area contributed by atoms with Crippen molar-refractivity contribution in [1.29, 1.82) is 0 Å². The third-order valence-electron chi connectivity index (χ3n) is 7.35. The van der Waals surface area contributed by atoms with E-state index in [0.717, 1.165) is 12.8 Å². The highest BCUT2D eigenvalue weighted by Crippen LogP contribution is 2.30. The molecule has 3 N–H and O–H groups in total. The van der Waals surface area contributed by atoms with Gasteiger partial charge in [-0.15, -0.1) is 0 Å². The molecule has 0 aliphatic rings. The number of carboxylic acid groups (broad SMARTS) is 1. The number of nitrogens with one attached hydrogen (secondary N) is 2. The molecule has 0 spiro atoms. The Hall–Kier alpha value is -5.65. The van der Waals surface area contributed by atoms with Gasteiger partial charge < -0.3 is 34.5 Å². The highest BCUT2D eigenvalue weighted by atomic mass is 16.6. The topological polar surface area (TPSA) is 166 Å². The van der Waals surface area contributed by atoms with Crippen LogP contribution in [0.15, 0.2) is 77.3 Å². The number of esters is 1. The molecule has 12 heteroatoms. The van der Waals surface area contributed by atoms with Gasteiger partial charge in [-0.05, 0) is 79.6 Å². The molecule has 0 saturated heterocycles. The number of aryl methyl sites for hydroxylation is 1. The van der Waals surface area contributed by atoms with Crippen LogP contribution in [0.1, 0.15) is 81.6 Å². The van der Waals surface area contributed by atoms with E-state index in [0.29, 0.717) is 34.9 Å². The maximum atomic E-state index is 12.9. The fourth-order valence-electron chi connectivity index (χ4n) is 4.72. The quantitative estimate of drug-likeness (QED) is 0.0672. The monoisotopic (exact) mass is 657 g/mol. The van der Waals surface area contributed by atoms with Crippen molar-refractivity contribution in [2.75, 3.05) is 19.0 Å². The summed E-state index contributed by atoms with van der Waals surface area (Å²) in [7, 11) is 1.40. The lowest BCUT2D eigenvalue weighted by molar-refractivity contribution is -0.139. The van der Waals surface area contributed by atoms with E-state index in [1.807, 2.05) is 0 Å². The van der Waals surface area contributed by atoms with Crippen LogP contribution in [0.4, 0.5) is 5.69 Å². The summed E-state index contributed by atoms with van der Waals surface area (Å²) in [5.74, 6) is -1.40. The number of carbonyl (C=O) groups is 4. The van der Waals surface area contributed by atoms with E-state index < -0.39 is 29.8 Å². The summed E-state index contributed by atoms with van der Waals surface area (Å²) in [5, 5.41) is 18.7. The van der Waals surface area contributed by atoms with Crippen molar-refractivity contribution in [1.82, 2.24) is 10.5 Å². The minimum absolute atomic E-state index is 0.0724. The Morgan fingerprint density at radius 2 is 1.56 bits per heavy atom. The van der Waals surface area contributed by atoms with E-state index in [1.54, 1.807) is 43.3 Å². The lowest BCUT2D eigenvalue weighted by atomic mass is 10.0. The van der Waals surface area contributed by atoms with Crippen molar-refractivity contribution in [2.45, 2.75) is 58.4 Å². The van der Waals surface area contributed by atoms with Gasteiger partial charge in [-0.25, -0.2) is 9.59 Å². The summed E-state index contributed by atoms with van der Waals surface area (Å²) < 4.78 is 21.6. The largest absolute Gasteiger partial charge is 0.494 e. The molecule has 0 aliphatic carbocycles. The first-order chi connectivity index (χ1) is 23.2. The molecule has 0 aliphatic heterocycles. The average Bonchev–Trinajstić information content (AvgIpc) is 3.53. The molecule has 1 aromatic heterocycles. The van der Waals surface area contributed by atoms with Crippen LogP contribution < -0.4 is 24.8 Å². The van der Waals surface area contributed by atoms with Crippen LogP contribution in [-0.4, -0.2) is 53.8 Å². The van der Waals surface area contributed by atoms with Gasteiger partial charge in [-0.1, -0.05) is 43.8 Å². The van der Waals surface area contributed by atoms with E-state index in [4.69, 9.17) is 18.7 Å². The Kier molecular flexibility index (Phi) is 12.7.